The SMILES string of the molecule is COc1ccc(CCNc2oc(COc3ccc(F)cc3)nc2C#N)cc1OC. The Morgan fingerprint density at radius 2 is 1.86 bits per heavy atom. The van der Waals surface area contributed by atoms with E-state index in [1.165, 1.54) is 24.3 Å². The average Bonchev–Trinajstić information content (AvgIpc) is 3.15. The Hall–Kier alpha value is -3.73. The van der Waals surface area contributed by atoms with Gasteiger partial charge in [-0.1, -0.05) is 6.07 Å². The van der Waals surface area contributed by atoms with Crippen LogP contribution in [0.5, 0.6) is 17.2 Å². The summed E-state index contributed by atoms with van der Waals surface area (Å²) in [6.07, 6.45) is 0.674. The maximum atomic E-state index is 12.9. The van der Waals surface area contributed by atoms with Gasteiger partial charge < -0.3 is 23.9 Å². The molecule has 3 aromatic rings. The van der Waals surface area contributed by atoms with E-state index in [1.807, 2.05) is 24.3 Å². The van der Waals surface area contributed by atoms with Gasteiger partial charge in [-0.25, -0.2) is 4.39 Å². The Morgan fingerprint density at radius 3 is 2.55 bits per heavy atom. The molecule has 0 spiro atoms. The first-order valence-electron chi connectivity index (χ1n) is 8.86. The Kier molecular flexibility index (Phi) is 6.53. The van der Waals surface area contributed by atoms with Gasteiger partial charge in [0.15, 0.2) is 18.1 Å². The fourth-order valence-corrected chi connectivity index (χ4v) is 2.65. The van der Waals surface area contributed by atoms with Gasteiger partial charge >= 0.3 is 0 Å². The normalized spacial score (nSPS) is 10.3. The van der Waals surface area contributed by atoms with Crippen LogP contribution in [0.4, 0.5) is 10.3 Å². The van der Waals surface area contributed by atoms with Gasteiger partial charge in [-0.05, 0) is 48.4 Å². The standard InChI is InChI=1S/C21H20FN3O4/c1-26-18-8-3-14(11-19(18)27-2)9-10-24-21-17(12-23)25-20(29-21)13-28-16-6-4-15(22)5-7-16/h3-8,11,24H,9-10,13H2,1-2H3. The topological polar surface area (TPSA) is 89.5 Å². The highest BCUT2D eigenvalue weighted by atomic mass is 19.1. The number of hydrogen-bond acceptors (Lipinski definition) is 7. The van der Waals surface area contributed by atoms with E-state index in [-0.39, 0.29) is 29.9 Å². The van der Waals surface area contributed by atoms with E-state index in [4.69, 9.17) is 18.6 Å². The summed E-state index contributed by atoms with van der Waals surface area (Å²) in [6, 6.07) is 13.3. The molecule has 0 atom stereocenters. The molecule has 0 bridgehead atoms. The lowest BCUT2D eigenvalue weighted by atomic mass is 10.1. The van der Waals surface area contributed by atoms with Gasteiger partial charge in [0.25, 0.3) is 0 Å². The van der Waals surface area contributed by atoms with Crippen molar-refractivity contribution in [3.63, 3.8) is 0 Å². The molecule has 7 nitrogen and oxygen atoms in total. The van der Waals surface area contributed by atoms with Crippen LogP contribution in [0, 0.1) is 17.1 Å². The molecule has 0 saturated carbocycles. The van der Waals surface area contributed by atoms with E-state index in [2.05, 4.69) is 10.3 Å². The minimum atomic E-state index is -0.346. The van der Waals surface area contributed by atoms with Crippen LogP contribution >= 0.6 is 0 Å². The summed E-state index contributed by atoms with van der Waals surface area (Å²) in [5.41, 5.74) is 1.18. The van der Waals surface area contributed by atoms with Crippen molar-refractivity contribution in [2.45, 2.75) is 13.0 Å². The molecule has 0 radical (unpaired) electrons. The highest BCUT2D eigenvalue weighted by molar-refractivity contribution is 5.46. The third kappa shape index (κ3) is 5.17. The molecule has 29 heavy (non-hydrogen) atoms. The summed E-state index contributed by atoms with van der Waals surface area (Å²) < 4.78 is 34.5. The number of halogens is 1. The Bertz CT molecular complexity index is 996. The van der Waals surface area contributed by atoms with Crippen LogP contribution in [-0.2, 0) is 13.0 Å². The highest BCUT2D eigenvalue weighted by Crippen LogP contribution is 2.27. The van der Waals surface area contributed by atoms with Gasteiger partial charge in [0.1, 0.15) is 17.6 Å². The lowest BCUT2D eigenvalue weighted by molar-refractivity contribution is 0.264. The quantitative estimate of drug-likeness (QED) is 0.585. The van der Waals surface area contributed by atoms with Crippen LogP contribution in [0.25, 0.3) is 0 Å². The van der Waals surface area contributed by atoms with E-state index < -0.39 is 0 Å². The second-order valence-electron chi connectivity index (χ2n) is 6.01. The minimum absolute atomic E-state index is 0.0255. The zero-order chi connectivity index (χ0) is 20.6. The van der Waals surface area contributed by atoms with E-state index >= 15 is 0 Å². The lowest BCUT2D eigenvalue weighted by Gasteiger charge is -2.09. The molecular weight excluding hydrogens is 377 g/mol. The smallest absolute Gasteiger partial charge is 0.236 e. The Labute approximate surface area is 167 Å². The molecule has 0 fully saturated rings. The predicted molar refractivity (Wildman–Crippen MR) is 104 cm³/mol. The molecule has 0 unspecified atom stereocenters. The van der Waals surface area contributed by atoms with Gasteiger partial charge in [-0.3, -0.25) is 0 Å². The molecular formula is C21H20FN3O4. The average molecular weight is 397 g/mol. The third-order valence-electron chi connectivity index (χ3n) is 4.10. The molecule has 1 N–H and O–H groups in total. The Balaban J connectivity index is 1.58. The number of aromatic nitrogens is 1. The highest BCUT2D eigenvalue weighted by Gasteiger charge is 2.13. The monoisotopic (exact) mass is 397 g/mol. The summed E-state index contributed by atoms with van der Waals surface area (Å²) >= 11 is 0. The van der Waals surface area contributed by atoms with Crippen LogP contribution < -0.4 is 19.5 Å². The fraction of sp³-hybridized carbons (Fsp3) is 0.238. The second-order valence-corrected chi connectivity index (χ2v) is 6.01. The summed E-state index contributed by atoms with van der Waals surface area (Å²) in [7, 11) is 3.17. The van der Waals surface area contributed by atoms with E-state index in [0.717, 1.165) is 5.56 Å². The number of nitrogens with one attached hydrogen (secondary N) is 1. The van der Waals surface area contributed by atoms with Crippen LogP contribution in [0.3, 0.4) is 0 Å². The lowest BCUT2D eigenvalue weighted by Crippen LogP contribution is -2.05. The first kappa shape index (κ1) is 20.0. The van der Waals surface area contributed by atoms with Crippen molar-refractivity contribution >= 4 is 5.88 Å². The van der Waals surface area contributed by atoms with Gasteiger partial charge in [0.2, 0.25) is 17.5 Å². The van der Waals surface area contributed by atoms with Crippen LogP contribution in [0.1, 0.15) is 17.1 Å². The van der Waals surface area contributed by atoms with Gasteiger partial charge in [-0.15, -0.1) is 0 Å². The van der Waals surface area contributed by atoms with Crippen molar-refractivity contribution in [1.82, 2.24) is 4.98 Å². The molecule has 8 heteroatoms. The van der Waals surface area contributed by atoms with E-state index in [1.54, 1.807) is 14.2 Å². The largest absolute Gasteiger partial charge is 0.493 e. The van der Waals surface area contributed by atoms with Crippen LogP contribution in [0.2, 0.25) is 0 Å². The summed E-state index contributed by atoms with van der Waals surface area (Å²) in [5.74, 6) is 1.98. The van der Waals surface area contributed by atoms with Gasteiger partial charge in [-0.2, -0.15) is 10.2 Å². The number of benzene rings is 2. The van der Waals surface area contributed by atoms with Crippen molar-refractivity contribution in [1.29, 1.82) is 5.26 Å². The third-order valence-corrected chi connectivity index (χ3v) is 4.10. The maximum Gasteiger partial charge on any atom is 0.236 e. The van der Waals surface area contributed by atoms with Gasteiger partial charge in [0.05, 0.1) is 14.2 Å². The number of oxazole rings is 1. The van der Waals surface area contributed by atoms with Crippen LogP contribution in [0.15, 0.2) is 46.9 Å². The molecule has 0 aliphatic rings. The zero-order valence-corrected chi connectivity index (χ0v) is 16.1. The van der Waals surface area contributed by atoms with Crippen molar-refractivity contribution in [2.75, 3.05) is 26.1 Å². The number of anilines is 1. The minimum Gasteiger partial charge on any atom is -0.493 e. The molecule has 0 saturated heterocycles. The predicted octanol–water partition coefficient (Wildman–Crippen LogP) is 3.94. The molecule has 2 aromatic carbocycles. The van der Waals surface area contributed by atoms with Gasteiger partial charge in [0, 0.05) is 6.54 Å². The van der Waals surface area contributed by atoms with Crippen molar-refractivity contribution in [2.24, 2.45) is 0 Å². The number of ether oxygens (including phenoxy) is 3. The van der Waals surface area contributed by atoms with E-state index in [9.17, 15) is 9.65 Å². The number of methoxy groups -OCH3 is 2. The summed E-state index contributed by atoms with van der Waals surface area (Å²) in [5, 5.41) is 12.3. The number of hydrogen-bond donors (Lipinski definition) is 1. The maximum absolute atomic E-state index is 12.9. The molecule has 1 heterocycles. The first-order chi connectivity index (χ1) is 14.1. The van der Waals surface area contributed by atoms with Crippen LogP contribution in [-0.4, -0.2) is 25.7 Å². The number of nitrogens with zero attached hydrogens (tertiary/aromatic N) is 2. The zero-order valence-electron chi connectivity index (χ0n) is 16.1. The first-order valence-corrected chi connectivity index (χ1v) is 8.86. The second kappa shape index (κ2) is 9.46. The molecule has 1 aromatic heterocycles. The number of nitriles is 1. The van der Waals surface area contributed by atoms with Crippen molar-refractivity contribution in [3.8, 4) is 23.3 Å². The van der Waals surface area contributed by atoms with Crippen molar-refractivity contribution in [3.05, 3.63) is 65.4 Å². The summed E-state index contributed by atoms with van der Waals surface area (Å²) in [4.78, 5) is 4.11. The molecule has 150 valence electrons. The summed E-state index contributed by atoms with van der Waals surface area (Å²) in [6.45, 7) is 0.551. The molecule has 0 aliphatic carbocycles. The number of rotatable bonds is 9. The molecule has 3 rings (SSSR count). The molecule has 0 aliphatic heterocycles. The molecule has 0 amide bonds. The van der Waals surface area contributed by atoms with E-state index in [0.29, 0.717) is 30.2 Å². The Morgan fingerprint density at radius 1 is 1.10 bits per heavy atom. The van der Waals surface area contributed by atoms with Crippen molar-refractivity contribution < 1.29 is 23.0 Å². The fourth-order valence-electron chi connectivity index (χ4n) is 2.65.